The molecule has 0 aliphatic carbocycles. The molecular formula is C6H13BO2. The van der Waals surface area contributed by atoms with E-state index in [2.05, 4.69) is 6.82 Å². The lowest BCUT2D eigenvalue weighted by atomic mass is 9.74. The quantitative estimate of drug-likeness (QED) is 0.529. The highest BCUT2D eigenvalue weighted by Gasteiger charge is 2.22. The van der Waals surface area contributed by atoms with Crippen LogP contribution in [0, 0.1) is 0 Å². The number of rotatable bonds is 2. The Labute approximate surface area is 56.5 Å². The van der Waals surface area contributed by atoms with E-state index in [9.17, 15) is 0 Å². The number of aliphatic hydroxyl groups is 1. The second-order valence-corrected chi connectivity index (χ2v) is 2.55. The molecule has 2 nitrogen and oxygen atoms in total. The van der Waals surface area contributed by atoms with Crippen LogP contribution in [0.1, 0.15) is 12.8 Å². The smallest absolute Gasteiger partial charge is 0.154 e. The van der Waals surface area contributed by atoms with Crippen LogP contribution in [-0.2, 0) is 4.74 Å². The molecule has 1 heterocycles. The van der Waals surface area contributed by atoms with E-state index < -0.39 is 0 Å². The van der Waals surface area contributed by atoms with Gasteiger partial charge in [-0.1, -0.05) is 6.82 Å². The second kappa shape index (κ2) is 3.23. The molecule has 0 aromatic carbocycles. The fourth-order valence-electron chi connectivity index (χ4n) is 1.21. The van der Waals surface area contributed by atoms with E-state index in [-0.39, 0.29) is 12.7 Å². The van der Waals surface area contributed by atoms with Gasteiger partial charge in [0, 0.05) is 6.00 Å². The van der Waals surface area contributed by atoms with Crippen LogP contribution in [0.4, 0.5) is 0 Å². The lowest BCUT2D eigenvalue weighted by Gasteiger charge is -2.07. The van der Waals surface area contributed by atoms with Crippen molar-refractivity contribution in [3.8, 4) is 0 Å². The van der Waals surface area contributed by atoms with E-state index >= 15 is 0 Å². The van der Waals surface area contributed by atoms with Gasteiger partial charge in [0.1, 0.15) is 0 Å². The van der Waals surface area contributed by atoms with Crippen molar-refractivity contribution in [1.82, 2.24) is 0 Å². The molecular weight excluding hydrogens is 115 g/mol. The summed E-state index contributed by atoms with van der Waals surface area (Å²) in [6, 6.07) is 0.419. The molecule has 1 fully saturated rings. The van der Waals surface area contributed by atoms with Crippen molar-refractivity contribution in [2.45, 2.75) is 31.8 Å². The predicted molar refractivity (Wildman–Crippen MR) is 38.0 cm³/mol. The molecule has 0 spiro atoms. The lowest BCUT2D eigenvalue weighted by Crippen LogP contribution is -2.17. The second-order valence-electron chi connectivity index (χ2n) is 2.55. The Morgan fingerprint density at radius 3 is 2.78 bits per heavy atom. The van der Waals surface area contributed by atoms with Gasteiger partial charge in [-0.05, 0) is 12.8 Å². The molecule has 0 radical (unpaired) electrons. The van der Waals surface area contributed by atoms with Gasteiger partial charge in [-0.3, -0.25) is 0 Å². The number of aliphatic hydroxyl groups excluding tert-OH is 1. The minimum atomic E-state index is 0.134. The first-order valence-corrected chi connectivity index (χ1v) is 3.63. The molecule has 0 saturated carbocycles. The van der Waals surface area contributed by atoms with E-state index in [1.807, 2.05) is 0 Å². The van der Waals surface area contributed by atoms with Crippen LogP contribution in [0.5, 0.6) is 0 Å². The van der Waals surface area contributed by atoms with Crippen molar-refractivity contribution >= 4 is 7.28 Å². The van der Waals surface area contributed by atoms with Crippen molar-refractivity contribution < 1.29 is 9.84 Å². The van der Waals surface area contributed by atoms with Crippen molar-refractivity contribution in [3.05, 3.63) is 0 Å². The molecule has 52 valence electrons. The van der Waals surface area contributed by atoms with E-state index in [0.29, 0.717) is 6.00 Å². The summed E-state index contributed by atoms with van der Waals surface area (Å²) in [6.07, 6.45) is 2.30. The SMILES string of the molecule is CBC1CCC(CO)O1. The van der Waals surface area contributed by atoms with Gasteiger partial charge < -0.3 is 9.84 Å². The van der Waals surface area contributed by atoms with E-state index in [0.717, 1.165) is 20.1 Å². The highest BCUT2D eigenvalue weighted by Crippen LogP contribution is 2.17. The number of hydrogen-bond donors (Lipinski definition) is 1. The lowest BCUT2D eigenvalue weighted by molar-refractivity contribution is 0.0421. The Bertz CT molecular complexity index is 77.1. The Hall–Kier alpha value is -0.0151. The van der Waals surface area contributed by atoms with Gasteiger partial charge in [-0.25, -0.2) is 0 Å². The predicted octanol–water partition coefficient (Wildman–Crippen LogP) is -0.0316. The van der Waals surface area contributed by atoms with Crippen molar-refractivity contribution in [2.75, 3.05) is 6.61 Å². The van der Waals surface area contributed by atoms with Crippen LogP contribution in [-0.4, -0.2) is 31.1 Å². The molecule has 0 bridgehead atoms. The average Bonchev–Trinajstić information content (AvgIpc) is 2.34. The first-order valence-electron chi connectivity index (χ1n) is 3.63. The van der Waals surface area contributed by atoms with Crippen LogP contribution >= 0.6 is 0 Å². The standard InChI is InChI=1S/C6H13BO2/c1-7-6-3-2-5(4-8)9-6/h5-8H,2-4H2,1H3. The fraction of sp³-hybridized carbons (Fsp3) is 1.00. The average molecular weight is 128 g/mol. The summed E-state index contributed by atoms with van der Waals surface area (Å²) in [4.78, 5) is 0. The first-order chi connectivity index (χ1) is 4.36. The van der Waals surface area contributed by atoms with Gasteiger partial charge >= 0.3 is 0 Å². The summed E-state index contributed by atoms with van der Waals surface area (Å²) in [5.74, 6) is 0. The molecule has 9 heavy (non-hydrogen) atoms. The molecule has 1 rings (SSSR count). The van der Waals surface area contributed by atoms with Gasteiger partial charge in [0.2, 0.25) is 0 Å². The maximum Gasteiger partial charge on any atom is 0.154 e. The van der Waals surface area contributed by atoms with Crippen molar-refractivity contribution in [1.29, 1.82) is 0 Å². The molecule has 1 aliphatic heterocycles. The van der Waals surface area contributed by atoms with Crippen LogP contribution in [0.2, 0.25) is 6.82 Å². The molecule has 1 N–H and O–H groups in total. The summed E-state index contributed by atoms with van der Waals surface area (Å²) in [5.41, 5.74) is 0. The summed E-state index contributed by atoms with van der Waals surface area (Å²) >= 11 is 0. The molecule has 0 aromatic heterocycles. The third-order valence-electron chi connectivity index (χ3n) is 1.85. The van der Waals surface area contributed by atoms with Gasteiger partial charge in [0.15, 0.2) is 7.28 Å². The van der Waals surface area contributed by atoms with Gasteiger partial charge in [-0.2, -0.15) is 0 Å². The Kier molecular flexibility index (Phi) is 2.55. The largest absolute Gasteiger partial charge is 0.394 e. The zero-order chi connectivity index (χ0) is 6.69. The maximum absolute atomic E-state index is 8.65. The summed E-state index contributed by atoms with van der Waals surface area (Å²) in [6.45, 7) is 2.31. The Balaban J connectivity index is 2.20. The fourth-order valence-corrected chi connectivity index (χ4v) is 1.21. The molecule has 1 saturated heterocycles. The minimum Gasteiger partial charge on any atom is -0.394 e. The molecule has 1 aliphatic rings. The van der Waals surface area contributed by atoms with Crippen LogP contribution in [0.15, 0.2) is 0 Å². The maximum atomic E-state index is 8.65. The topological polar surface area (TPSA) is 29.5 Å². The van der Waals surface area contributed by atoms with Gasteiger partial charge in [0.05, 0.1) is 12.7 Å². The molecule has 2 unspecified atom stereocenters. The van der Waals surface area contributed by atoms with Crippen molar-refractivity contribution in [3.63, 3.8) is 0 Å². The highest BCUT2D eigenvalue weighted by molar-refractivity contribution is 6.35. The molecule has 3 heteroatoms. The molecule has 0 amide bonds. The molecule has 0 aromatic rings. The van der Waals surface area contributed by atoms with Crippen LogP contribution in [0.3, 0.4) is 0 Å². The van der Waals surface area contributed by atoms with Crippen LogP contribution < -0.4 is 0 Å². The summed E-state index contributed by atoms with van der Waals surface area (Å²) in [7, 11) is 1.08. The number of ether oxygens (including phenoxy) is 1. The van der Waals surface area contributed by atoms with E-state index in [1.165, 1.54) is 0 Å². The first kappa shape index (κ1) is 7.10. The zero-order valence-corrected chi connectivity index (χ0v) is 5.84. The Morgan fingerprint density at radius 1 is 1.67 bits per heavy atom. The van der Waals surface area contributed by atoms with Gasteiger partial charge in [0.25, 0.3) is 0 Å². The number of hydrogen-bond acceptors (Lipinski definition) is 2. The third kappa shape index (κ3) is 1.70. The minimum absolute atomic E-state index is 0.134. The normalized spacial score (nSPS) is 34.9. The van der Waals surface area contributed by atoms with E-state index in [4.69, 9.17) is 9.84 Å². The highest BCUT2D eigenvalue weighted by atomic mass is 16.5. The summed E-state index contributed by atoms with van der Waals surface area (Å²) in [5, 5.41) is 8.65. The van der Waals surface area contributed by atoms with E-state index in [1.54, 1.807) is 0 Å². The van der Waals surface area contributed by atoms with Crippen LogP contribution in [0.25, 0.3) is 0 Å². The third-order valence-corrected chi connectivity index (χ3v) is 1.85. The summed E-state index contributed by atoms with van der Waals surface area (Å²) < 4.78 is 5.41. The van der Waals surface area contributed by atoms with Crippen molar-refractivity contribution in [2.24, 2.45) is 0 Å². The zero-order valence-electron chi connectivity index (χ0n) is 5.84. The van der Waals surface area contributed by atoms with Gasteiger partial charge in [-0.15, -0.1) is 0 Å². The monoisotopic (exact) mass is 128 g/mol. The molecule has 2 atom stereocenters. The Morgan fingerprint density at radius 2 is 2.44 bits per heavy atom.